The molecule has 0 unspecified atom stereocenters. The third-order valence-corrected chi connectivity index (χ3v) is 6.80. The van der Waals surface area contributed by atoms with Crippen LogP contribution in [-0.2, 0) is 22.7 Å². The molecule has 3 heterocycles. The van der Waals surface area contributed by atoms with Crippen LogP contribution in [0, 0.1) is 13.8 Å². The Morgan fingerprint density at radius 3 is 2.40 bits per heavy atom. The molecule has 1 aromatic carbocycles. The largest absolute Gasteiger partial charge is 0.417 e. The van der Waals surface area contributed by atoms with Gasteiger partial charge in [0.15, 0.2) is 5.65 Å². The van der Waals surface area contributed by atoms with Gasteiger partial charge in [-0.2, -0.15) is 13.2 Å². The summed E-state index contributed by atoms with van der Waals surface area (Å²) in [5.41, 5.74) is 0.421. The second kappa shape index (κ2) is 8.93. The van der Waals surface area contributed by atoms with E-state index in [2.05, 4.69) is 15.0 Å². The maximum Gasteiger partial charge on any atom is 0.417 e. The number of amides is 1. The first-order valence-corrected chi connectivity index (χ1v) is 11.9. The van der Waals surface area contributed by atoms with Crippen LogP contribution in [0.1, 0.15) is 33.1 Å². The van der Waals surface area contributed by atoms with Gasteiger partial charge in [0, 0.05) is 6.20 Å². The van der Waals surface area contributed by atoms with Crippen molar-refractivity contribution < 1.29 is 26.4 Å². The van der Waals surface area contributed by atoms with E-state index >= 15 is 0 Å². The number of benzene rings is 1. The van der Waals surface area contributed by atoms with E-state index in [1.54, 1.807) is 26.0 Å². The number of aromatic nitrogens is 4. The summed E-state index contributed by atoms with van der Waals surface area (Å²) in [5, 5.41) is -0.195. The summed E-state index contributed by atoms with van der Waals surface area (Å²) in [6, 6.07) is 9.54. The number of hydrogen-bond acceptors (Lipinski definition) is 6. The van der Waals surface area contributed by atoms with Gasteiger partial charge in [0.1, 0.15) is 17.0 Å². The van der Waals surface area contributed by atoms with E-state index < -0.39 is 27.7 Å². The first-order chi connectivity index (χ1) is 16.3. The predicted molar refractivity (Wildman–Crippen MR) is 121 cm³/mol. The number of imidazole rings is 1. The van der Waals surface area contributed by atoms with Crippen molar-refractivity contribution in [3.63, 3.8) is 0 Å². The number of carbonyl (C=O) groups is 1. The summed E-state index contributed by atoms with van der Waals surface area (Å²) in [6.07, 6.45) is -3.91. The van der Waals surface area contributed by atoms with Gasteiger partial charge in [-0.25, -0.2) is 23.1 Å². The van der Waals surface area contributed by atoms with Crippen LogP contribution in [0.2, 0.25) is 5.02 Å². The van der Waals surface area contributed by atoms with E-state index in [0.29, 0.717) is 17.5 Å². The molecule has 4 aromatic rings. The first kappa shape index (κ1) is 24.6. The fourth-order valence-electron chi connectivity index (χ4n) is 3.27. The van der Waals surface area contributed by atoms with Gasteiger partial charge in [0.05, 0.1) is 27.7 Å². The van der Waals surface area contributed by atoms with Gasteiger partial charge in [-0.05, 0) is 44.2 Å². The predicted octanol–water partition coefficient (Wildman–Crippen LogP) is 4.28. The molecule has 0 saturated carbocycles. The number of alkyl halides is 3. The second-order valence-corrected chi connectivity index (χ2v) is 9.77. The number of carbonyl (C=O) groups excluding carboxylic acids is 1. The lowest BCUT2D eigenvalue weighted by Crippen LogP contribution is -2.31. The van der Waals surface area contributed by atoms with Crippen LogP contribution in [0.4, 0.5) is 13.2 Å². The number of hydrogen-bond donors (Lipinski definition) is 1. The Balaban J connectivity index is 1.65. The monoisotopic (exact) mass is 523 g/mol. The van der Waals surface area contributed by atoms with Crippen molar-refractivity contribution in [3.8, 4) is 0 Å². The van der Waals surface area contributed by atoms with Crippen LogP contribution in [-0.4, -0.2) is 33.8 Å². The Morgan fingerprint density at radius 1 is 1.09 bits per heavy atom. The molecule has 0 fully saturated rings. The smallest absolute Gasteiger partial charge is 0.307 e. The van der Waals surface area contributed by atoms with Gasteiger partial charge in [0.2, 0.25) is 0 Å². The molecule has 0 aliphatic heterocycles. The van der Waals surface area contributed by atoms with Crippen molar-refractivity contribution in [2.75, 3.05) is 0 Å². The minimum absolute atomic E-state index is 0.0704. The SMILES string of the molecule is Cc1ccc(S(=O)(=O)NC(=O)c2ccc3nc(C)n(Cc4ncc(C(F)(F)F)cc4Cl)c3n2)cc1. The summed E-state index contributed by atoms with van der Waals surface area (Å²) in [4.78, 5) is 25.0. The number of fused-ring (bicyclic) bond motifs is 1. The molecule has 35 heavy (non-hydrogen) atoms. The lowest BCUT2D eigenvalue weighted by atomic mass is 10.2. The van der Waals surface area contributed by atoms with Crippen LogP contribution in [0.5, 0.6) is 0 Å². The van der Waals surface area contributed by atoms with Crippen molar-refractivity contribution >= 4 is 38.7 Å². The fourth-order valence-corrected chi connectivity index (χ4v) is 4.46. The van der Waals surface area contributed by atoms with Crippen molar-refractivity contribution in [2.24, 2.45) is 0 Å². The highest BCUT2D eigenvalue weighted by atomic mass is 35.5. The van der Waals surface area contributed by atoms with E-state index in [9.17, 15) is 26.4 Å². The van der Waals surface area contributed by atoms with Gasteiger partial charge >= 0.3 is 6.18 Å². The minimum atomic E-state index is -4.59. The first-order valence-electron chi connectivity index (χ1n) is 10.0. The van der Waals surface area contributed by atoms with Crippen LogP contribution in [0.15, 0.2) is 53.6 Å². The van der Waals surface area contributed by atoms with Gasteiger partial charge in [-0.1, -0.05) is 29.3 Å². The molecular formula is C22H17ClF3N5O3S. The molecule has 13 heteroatoms. The zero-order valence-corrected chi connectivity index (χ0v) is 19.8. The summed E-state index contributed by atoms with van der Waals surface area (Å²) in [6.45, 7) is 3.37. The molecule has 0 saturated heterocycles. The molecule has 0 atom stereocenters. The van der Waals surface area contributed by atoms with Crippen LogP contribution >= 0.6 is 11.6 Å². The molecule has 3 aromatic heterocycles. The van der Waals surface area contributed by atoms with Gasteiger partial charge in [-0.3, -0.25) is 9.78 Å². The lowest BCUT2D eigenvalue weighted by Gasteiger charge is -2.11. The Kier molecular flexibility index (Phi) is 6.28. The Bertz CT molecular complexity index is 1550. The van der Waals surface area contributed by atoms with Crippen LogP contribution in [0.3, 0.4) is 0 Å². The molecule has 8 nitrogen and oxygen atoms in total. The van der Waals surface area contributed by atoms with Crippen molar-refractivity contribution in [1.82, 2.24) is 24.2 Å². The zero-order chi connectivity index (χ0) is 25.5. The molecule has 182 valence electrons. The Morgan fingerprint density at radius 2 is 1.77 bits per heavy atom. The van der Waals surface area contributed by atoms with Crippen molar-refractivity contribution in [2.45, 2.75) is 31.5 Å². The maximum absolute atomic E-state index is 12.9. The normalized spacial score (nSPS) is 12.2. The third-order valence-electron chi connectivity index (χ3n) is 5.13. The molecule has 0 radical (unpaired) electrons. The van der Waals surface area contributed by atoms with Crippen LogP contribution in [0.25, 0.3) is 11.2 Å². The number of halogens is 4. The van der Waals surface area contributed by atoms with Gasteiger partial charge in [-0.15, -0.1) is 0 Å². The number of sulfonamides is 1. The number of aryl methyl sites for hydroxylation is 2. The highest BCUT2D eigenvalue weighted by Gasteiger charge is 2.31. The fraction of sp³-hybridized carbons (Fsp3) is 0.182. The molecule has 0 bridgehead atoms. The number of nitrogens with zero attached hydrogens (tertiary/aromatic N) is 4. The molecule has 0 aliphatic rings. The van der Waals surface area contributed by atoms with E-state index in [0.717, 1.165) is 11.6 Å². The zero-order valence-electron chi connectivity index (χ0n) is 18.3. The Labute approximate surface area is 202 Å². The summed E-state index contributed by atoms with van der Waals surface area (Å²) in [5.74, 6) is -0.515. The lowest BCUT2D eigenvalue weighted by molar-refractivity contribution is -0.137. The molecule has 1 amide bonds. The van der Waals surface area contributed by atoms with Crippen molar-refractivity contribution in [1.29, 1.82) is 0 Å². The highest BCUT2D eigenvalue weighted by Crippen LogP contribution is 2.31. The van der Waals surface area contributed by atoms with E-state index in [1.807, 2.05) is 4.72 Å². The van der Waals surface area contributed by atoms with Crippen molar-refractivity contribution in [3.05, 3.63) is 82.0 Å². The van der Waals surface area contributed by atoms with Gasteiger partial charge < -0.3 is 4.57 Å². The summed E-state index contributed by atoms with van der Waals surface area (Å²) in [7, 11) is -4.13. The number of rotatable bonds is 5. The average molecular weight is 524 g/mol. The highest BCUT2D eigenvalue weighted by molar-refractivity contribution is 7.90. The molecule has 1 N–H and O–H groups in total. The van der Waals surface area contributed by atoms with E-state index in [4.69, 9.17) is 11.6 Å². The molecule has 0 aliphatic carbocycles. The van der Waals surface area contributed by atoms with E-state index in [1.165, 1.54) is 28.8 Å². The maximum atomic E-state index is 12.9. The van der Waals surface area contributed by atoms with E-state index in [-0.39, 0.29) is 33.5 Å². The molecular weight excluding hydrogens is 507 g/mol. The third kappa shape index (κ3) is 5.13. The minimum Gasteiger partial charge on any atom is -0.307 e. The standard InChI is InChI=1S/C22H17ClF3N5O3S/c1-12-3-5-15(6-4-12)35(33,34)30-21(32)18-8-7-17-20(29-18)31(13(2)28-17)11-19-16(23)9-14(10-27-19)22(24,25)26/h3-10H,11H2,1-2H3,(H,30,32). The number of pyridine rings is 2. The van der Waals surface area contributed by atoms with Crippen LogP contribution < -0.4 is 4.72 Å². The summed E-state index contributed by atoms with van der Waals surface area (Å²) >= 11 is 6.03. The van der Waals surface area contributed by atoms with Gasteiger partial charge in [0.25, 0.3) is 15.9 Å². The number of nitrogens with one attached hydrogen (secondary N) is 1. The summed E-state index contributed by atoms with van der Waals surface area (Å²) < 4.78 is 67.3. The quantitative estimate of drug-likeness (QED) is 0.418. The molecule has 0 spiro atoms. The molecule has 4 rings (SSSR count). The second-order valence-electron chi connectivity index (χ2n) is 7.68. The average Bonchev–Trinajstić information content (AvgIpc) is 3.08. The topological polar surface area (TPSA) is 107 Å². The Hall–Kier alpha value is -3.51.